The lowest BCUT2D eigenvalue weighted by molar-refractivity contribution is -0.119. The fourth-order valence-corrected chi connectivity index (χ4v) is 4.75. The molecule has 4 rings (SSSR count). The van der Waals surface area contributed by atoms with Crippen LogP contribution in [0, 0.1) is 0 Å². The Morgan fingerprint density at radius 2 is 1.85 bits per heavy atom. The summed E-state index contributed by atoms with van der Waals surface area (Å²) in [5, 5.41) is 5.12. The average Bonchev–Trinajstić information content (AvgIpc) is 3.30. The number of fused-ring (bicyclic) bond motifs is 1. The Balaban J connectivity index is 1.49. The normalized spacial score (nSPS) is 14.7. The standard InChI is InChI=1S/C22H23ClN2OS/c23-17-11-9-16(10-12-17)13-25-14-21(19-7-3-4-8-20(19)25)27-15-22(26)24-18-5-1-2-6-18/h3-4,7-12,14,18H,1-2,5-6,13,15H2,(H,24,26). The van der Waals surface area contributed by atoms with Crippen molar-refractivity contribution < 1.29 is 4.79 Å². The number of halogens is 1. The molecule has 3 nitrogen and oxygen atoms in total. The number of hydrogen-bond acceptors (Lipinski definition) is 2. The van der Waals surface area contributed by atoms with E-state index in [1.165, 1.54) is 29.3 Å². The van der Waals surface area contributed by atoms with Crippen LogP contribution in [-0.4, -0.2) is 22.3 Å². The van der Waals surface area contributed by atoms with Crippen molar-refractivity contribution in [2.75, 3.05) is 5.75 Å². The Labute approximate surface area is 169 Å². The molecule has 1 fully saturated rings. The van der Waals surface area contributed by atoms with Gasteiger partial charge in [0.1, 0.15) is 0 Å². The molecule has 1 amide bonds. The molecule has 1 aromatic heterocycles. The van der Waals surface area contributed by atoms with E-state index in [4.69, 9.17) is 11.6 Å². The second-order valence-electron chi connectivity index (χ2n) is 7.10. The van der Waals surface area contributed by atoms with Crippen molar-refractivity contribution in [1.29, 1.82) is 0 Å². The third-order valence-electron chi connectivity index (χ3n) is 5.10. The highest BCUT2D eigenvalue weighted by Gasteiger charge is 2.17. The minimum absolute atomic E-state index is 0.140. The smallest absolute Gasteiger partial charge is 0.230 e. The monoisotopic (exact) mass is 398 g/mol. The molecule has 1 saturated carbocycles. The van der Waals surface area contributed by atoms with Crippen LogP contribution < -0.4 is 5.32 Å². The summed E-state index contributed by atoms with van der Waals surface area (Å²) >= 11 is 7.62. The number of hydrogen-bond donors (Lipinski definition) is 1. The van der Waals surface area contributed by atoms with Gasteiger partial charge in [0.25, 0.3) is 0 Å². The number of nitrogens with zero attached hydrogens (tertiary/aromatic N) is 1. The molecule has 0 aliphatic heterocycles. The van der Waals surface area contributed by atoms with E-state index in [1.807, 2.05) is 12.1 Å². The maximum absolute atomic E-state index is 12.3. The van der Waals surface area contributed by atoms with Crippen LogP contribution in [0.1, 0.15) is 31.2 Å². The van der Waals surface area contributed by atoms with Crippen molar-refractivity contribution in [3.63, 3.8) is 0 Å². The van der Waals surface area contributed by atoms with Crippen LogP contribution in [-0.2, 0) is 11.3 Å². The predicted octanol–water partition coefficient (Wildman–Crippen LogP) is 5.49. The van der Waals surface area contributed by atoms with Crippen LogP contribution in [0.25, 0.3) is 10.9 Å². The minimum atomic E-state index is 0.140. The van der Waals surface area contributed by atoms with Gasteiger partial charge in [0.15, 0.2) is 0 Å². The van der Waals surface area contributed by atoms with Crippen molar-refractivity contribution in [3.8, 4) is 0 Å². The third-order valence-corrected chi connectivity index (χ3v) is 6.39. The van der Waals surface area contributed by atoms with Gasteiger partial charge < -0.3 is 9.88 Å². The molecule has 0 radical (unpaired) electrons. The first kappa shape index (κ1) is 18.5. The molecule has 0 bridgehead atoms. The summed E-state index contributed by atoms with van der Waals surface area (Å²) in [6.45, 7) is 0.784. The number of rotatable bonds is 6. The molecule has 2 aromatic carbocycles. The number of thioether (sulfide) groups is 1. The lowest BCUT2D eigenvalue weighted by atomic mass is 10.2. The van der Waals surface area contributed by atoms with Gasteiger partial charge in [-0.1, -0.05) is 54.8 Å². The fourth-order valence-electron chi connectivity index (χ4n) is 3.73. The van der Waals surface area contributed by atoms with Gasteiger partial charge in [-0.15, -0.1) is 11.8 Å². The molecule has 1 heterocycles. The van der Waals surface area contributed by atoms with E-state index in [0.717, 1.165) is 29.3 Å². The number of para-hydroxylation sites is 1. The van der Waals surface area contributed by atoms with Crippen molar-refractivity contribution >= 4 is 40.2 Å². The highest BCUT2D eigenvalue weighted by Crippen LogP contribution is 2.30. The maximum Gasteiger partial charge on any atom is 0.230 e. The average molecular weight is 399 g/mol. The zero-order valence-corrected chi connectivity index (χ0v) is 16.7. The lowest BCUT2D eigenvalue weighted by Crippen LogP contribution is -2.33. The second-order valence-corrected chi connectivity index (χ2v) is 8.56. The van der Waals surface area contributed by atoms with Gasteiger partial charge in [0.2, 0.25) is 5.91 Å². The first-order valence-corrected chi connectivity index (χ1v) is 10.8. The Morgan fingerprint density at radius 3 is 2.63 bits per heavy atom. The summed E-state index contributed by atoms with van der Waals surface area (Å²) in [6, 6.07) is 16.7. The third kappa shape index (κ3) is 4.50. The number of nitrogens with one attached hydrogen (secondary N) is 1. The largest absolute Gasteiger partial charge is 0.353 e. The number of aromatic nitrogens is 1. The van der Waals surface area contributed by atoms with E-state index in [0.29, 0.717) is 11.8 Å². The van der Waals surface area contributed by atoms with Gasteiger partial charge >= 0.3 is 0 Å². The first-order chi connectivity index (χ1) is 13.2. The van der Waals surface area contributed by atoms with Crippen molar-refractivity contribution in [1.82, 2.24) is 9.88 Å². The molecular formula is C22H23ClN2OS. The number of carbonyl (C=O) groups is 1. The molecule has 0 atom stereocenters. The molecule has 1 aliphatic carbocycles. The van der Waals surface area contributed by atoms with Crippen molar-refractivity contribution in [2.45, 2.75) is 43.2 Å². The highest BCUT2D eigenvalue weighted by atomic mass is 35.5. The molecule has 1 N–H and O–H groups in total. The van der Waals surface area contributed by atoms with E-state index in [2.05, 4.69) is 52.5 Å². The maximum atomic E-state index is 12.3. The van der Waals surface area contributed by atoms with E-state index < -0.39 is 0 Å². The lowest BCUT2D eigenvalue weighted by Gasteiger charge is -2.11. The van der Waals surface area contributed by atoms with Crippen LogP contribution in [0.15, 0.2) is 59.6 Å². The molecule has 3 aromatic rings. The van der Waals surface area contributed by atoms with Crippen molar-refractivity contribution in [3.05, 3.63) is 65.3 Å². The van der Waals surface area contributed by atoms with Crippen LogP contribution in [0.5, 0.6) is 0 Å². The summed E-state index contributed by atoms with van der Waals surface area (Å²) in [4.78, 5) is 13.4. The Morgan fingerprint density at radius 1 is 1.11 bits per heavy atom. The van der Waals surface area contributed by atoms with E-state index in [9.17, 15) is 4.79 Å². The summed E-state index contributed by atoms with van der Waals surface area (Å²) in [5.74, 6) is 0.604. The van der Waals surface area contributed by atoms with Gasteiger partial charge in [0, 0.05) is 39.6 Å². The molecule has 140 valence electrons. The van der Waals surface area contributed by atoms with Gasteiger partial charge in [0.05, 0.1) is 5.75 Å². The zero-order chi connectivity index (χ0) is 18.6. The highest BCUT2D eigenvalue weighted by molar-refractivity contribution is 8.00. The Kier molecular flexibility index (Phi) is 5.74. The molecular weight excluding hydrogens is 376 g/mol. The molecule has 1 aliphatic rings. The van der Waals surface area contributed by atoms with E-state index in [-0.39, 0.29) is 5.91 Å². The summed E-state index contributed by atoms with van der Waals surface area (Å²) in [7, 11) is 0. The Bertz CT molecular complexity index is 929. The van der Waals surface area contributed by atoms with Gasteiger partial charge in [-0.25, -0.2) is 0 Å². The number of carbonyl (C=O) groups excluding carboxylic acids is 1. The number of benzene rings is 2. The van der Waals surface area contributed by atoms with Gasteiger partial charge in [-0.3, -0.25) is 4.79 Å². The summed E-state index contributed by atoms with van der Waals surface area (Å²) in [6.07, 6.45) is 6.87. The molecule has 0 unspecified atom stereocenters. The summed E-state index contributed by atoms with van der Waals surface area (Å²) in [5.41, 5.74) is 2.39. The van der Waals surface area contributed by atoms with Crippen molar-refractivity contribution in [2.24, 2.45) is 0 Å². The SMILES string of the molecule is O=C(CSc1cn(Cc2ccc(Cl)cc2)c2ccccc12)NC1CCCC1. The first-order valence-electron chi connectivity index (χ1n) is 9.43. The second kappa shape index (κ2) is 8.41. The van der Waals surface area contributed by atoms with Crippen LogP contribution in [0.3, 0.4) is 0 Å². The molecule has 0 spiro atoms. The summed E-state index contributed by atoms with van der Waals surface area (Å²) < 4.78 is 2.25. The van der Waals surface area contributed by atoms with E-state index in [1.54, 1.807) is 11.8 Å². The molecule has 0 saturated heterocycles. The van der Waals surface area contributed by atoms with Gasteiger partial charge in [-0.2, -0.15) is 0 Å². The van der Waals surface area contributed by atoms with Gasteiger partial charge in [-0.05, 0) is 36.6 Å². The fraction of sp³-hybridized carbons (Fsp3) is 0.318. The zero-order valence-electron chi connectivity index (χ0n) is 15.2. The van der Waals surface area contributed by atoms with Crippen LogP contribution in [0.4, 0.5) is 0 Å². The quantitative estimate of drug-likeness (QED) is 0.556. The van der Waals surface area contributed by atoms with Crippen LogP contribution >= 0.6 is 23.4 Å². The molecule has 5 heteroatoms. The molecule has 27 heavy (non-hydrogen) atoms. The number of amides is 1. The Hall–Kier alpha value is -1.91. The topological polar surface area (TPSA) is 34.0 Å². The van der Waals surface area contributed by atoms with E-state index >= 15 is 0 Å². The predicted molar refractivity (Wildman–Crippen MR) is 114 cm³/mol. The van der Waals surface area contributed by atoms with Crippen LogP contribution in [0.2, 0.25) is 5.02 Å². The minimum Gasteiger partial charge on any atom is -0.353 e.